The van der Waals surface area contributed by atoms with Crippen LogP contribution in [0.3, 0.4) is 0 Å². The predicted octanol–water partition coefficient (Wildman–Crippen LogP) is 4.46. The van der Waals surface area contributed by atoms with E-state index in [2.05, 4.69) is 4.98 Å². The Hall–Kier alpha value is -1.97. The summed E-state index contributed by atoms with van der Waals surface area (Å²) in [5.74, 6) is 0.393. The maximum Gasteiger partial charge on any atom is 0.308 e. The molecule has 0 bridgehead atoms. The normalized spacial score (nSPS) is 22.7. The molecule has 0 spiro atoms. The van der Waals surface area contributed by atoms with Crippen molar-refractivity contribution < 1.29 is 13.9 Å². The van der Waals surface area contributed by atoms with E-state index in [9.17, 15) is 9.18 Å². The molecule has 3 rings (SSSR count). The second kappa shape index (κ2) is 6.65. The summed E-state index contributed by atoms with van der Waals surface area (Å²) in [5, 5.41) is 0.914. The SMILES string of the molecule is COC(=O)[C@H](C)[C@H]1CC[C@@H](c2ccnc3ccc(F)cc32)CC1. The second-order valence-electron chi connectivity index (χ2n) is 6.49. The van der Waals surface area contributed by atoms with Gasteiger partial charge in [0.15, 0.2) is 0 Å². The number of hydrogen-bond donors (Lipinski definition) is 0. The number of aromatic nitrogens is 1. The summed E-state index contributed by atoms with van der Waals surface area (Å²) in [4.78, 5) is 16.0. The smallest absolute Gasteiger partial charge is 0.308 e. The van der Waals surface area contributed by atoms with Gasteiger partial charge in [-0.15, -0.1) is 0 Å². The van der Waals surface area contributed by atoms with Gasteiger partial charge in [0, 0.05) is 11.6 Å². The summed E-state index contributed by atoms with van der Waals surface area (Å²) in [6.07, 6.45) is 5.84. The molecule has 122 valence electrons. The van der Waals surface area contributed by atoms with Crippen LogP contribution in [0.1, 0.15) is 44.1 Å². The van der Waals surface area contributed by atoms with Crippen LogP contribution in [-0.4, -0.2) is 18.1 Å². The molecule has 0 aliphatic heterocycles. The third-order valence-corrected chi connectivity index (χ3v) is 5.23. The number of carbonyl (C=O) groups is 1. The van der Waals surface area contributed by atoms with E-state index in [0.717, 1.165) is 36.6 Å². The van der Waals surface area contributed by atoms with Crippen molar-refractivity contribution in [2.45, 2.75) is 38.5 Å². The van der Waals surface area contributed by atoms with Crippen molar-refractivity contribution in [3.63, 3.8) is 0 Å². The number of methoxy groups -OCH3 is 1. The Labute approximate surface area is 135 Å². The Morgan fingerprint density at radius 2 is 2.00 bits per heavy atom. The molecular formula is C19H22FNO2. The van der Waals surface area contributed by atoms with E-state index in [1.165, 1.54) is 18.7 Å². The van der Waals surface area contributed by atoms with Crippen LogP contribution in [0.4, 0.5) is 4.39 Å². The van der Waals surface area contributed by atoms with Crippen LogP contribution in [0.15, 0.2) is 30.5 Å². The van der Waals surface area contributed by atoms with Gasteiger partial charge in [-0.1, -0.05) is 6.92 Å². The molecule has 1 aromatic carbocycles. The first-order chi connectivity index (χ1) is 11.1. The summed E-state index contributed by atoms with van der Waals surface area (Å²) < 4.78 is 18.5. The molecule has 0 radical (unpaired) electrons. The molecule has 2 aromatic rings. The topological polar surface area (TPSA) is 39.2 Å². The molecule has 0 unspecified atom stereocenters. The number of fused-ring (bicyclic) bond motifs is 1. The minimum Gasteiger partial charge on any atom is -0.469 e. The van der Waals surface area contributed by atoms with Crippen molar-refractivity contribution in [1.29, 1.82) is 0 Å². The van der Waals surface area contributed by atoms with E-state index in [0.29, 0.717) is 11.8 Å². The lowest BCUT2D eigenvalue weighted by molar-refractivity contribution is -0.147. The molecule has 4 heteroatoms. The van der Waals surface area contributed by atoms with Crippen LogP contribution in [0.2, 0.25) is 0 Å². The maximum absolute atomic E-state index is 13.6. The Kier molecular flexibility index (Phi) is 4.60. The Morgan fingerprint density at radius 3 is 2.70 bits per heavy atom. The Bertz CT molecular complexity index is 708. The summed E-state index contributed by atoms with van der Waals surface area (Å²) in [5.41, 5.74) is 2.02. The summed E-state index contributed by atoms with van der Waals surface area (Å²) in [6.45, 7) is 1.95. The van der Waals surface area contributed by atoms with E-state index in [1.807, 2.05) is 13.0 Å². The fraction of sp³-hybridized carbons (Fsp3) is 0.474. The molecule has 0 amide bonds. The quantitative estimate of drug-likeness (QED) is 0.785. The van der Waals surface area contributed by atoms with Crippen molar-refractivity contribution >= 4 is 16.9 Å². The lowest BCUT2D eigenvalue weighted by Crippen LogP contribution is -2.26. The molecular weight excluding hydrogens is 293 g/mol. The van der Waals surface area contributed by atoms with Crippen LogP contribution < -0.4 is 0 Å². The fourth-order valence-electron chi connectivity index (χ4n) is 3.80. The highest BCUT2D eigenvalue weighted by Crippen LogP contribution is 2.40. The van der Waals surface area contributed by atoms with Crippen LogP contribution in [-0.2, 0) is 9.53 Å². The van der Waals surface area contributed by atoms with Crippen LogP contribution in [0.25, 0.3) is 10.9 Å². The number of esters is 1. The zero-order valence-electron chi connectivity index (χ0n) is 13.6. The van der Waals surface area contributed by atoms with Gasteiger partial charge in [-0.25, -0.2) is 4.39 Å². The number of nitrogens with zero attached hydrogens (tertiary/aromatic N) is 1. The highest BCUT2D eigenvalue weighted by Gasteiger charge is 2.30. The average molecular weight is 315 g/mol. The summed E-state index contributed by atoms with van der Waals surface area (Å²) >= 11 is 0. The zero-order chi connectivity index (χ0) is 16.4. The summed E-state index contributed by atoms with van der Waals surface area (Å²) in [7, 11) is 1.45. The van der Waals surface area contributed by atoms with Gasteiger partial charge < -0.3 is 4.74 Å². The van der Waals surface area contributed by atoms with Gasteiger partial charge in [0.05, 0.1) is 18.5 Å². The molecule has 23 heavy (non-hydrogen) atoms. The van der Waals surface area contributed by atoms with Gasteiger partial charge in [0.2, 0.25) is 0 Å². The van der Waals surface area contributed by atoms with Crippen LogP contribution >= 0.6 is 0 Å². The predicted molar refractivity (Wildman–Crippen MR) is 87.6 cm³/mol. The molecule has 1 saturated carbocycles. The highest BCUT2D eigenvalue weighted by atomic mass is 19.1. The number of carbonyl (C=O) groups excluding carboxylic acids is 1. The van der Waals surface area contributed by atoms with Crippen LogP contribution in [0, 0.1) is 17.7 Å². The zero-order valence-corrected chi connectivity index (χ0v) is 13.6. The Balaban J connectivity index is 1.78. The molecule has 0 N–H and O–H groups in total. The van der Waals surface area contributed by atoms with Crippen molar-refractivity contribution in [3.8, 4) is 0 Å². The van der Waals surface area contributed by atoms with E-state index in [-0.39, 0.29) is 17.7 Å². The first kappa shape index (κ1) is 15.9. The van der Waals surface area contributed by atoms with Crippen molar-refractivity contribution in [2.24, 2.45) is 11.8 Å². The van der Waals surface area contributed by atoms with Gasteiger partial charge in [-0.05, 0) is 67.3 Å². The molecule has 1 fully saturated rings. The third-order valence-electron chi connectivity index (χ3n) is 5.23. The van der Waals surface area contributed by atoms with Gasteiger partial charge in [-0.2, -0.15) is 0 Å². The molecule has 1 aliphatic rings. The van der Waals surface area contributed by atoms with Gasteiger partial charge in [0.25, 0.3) is 0 Å². The molecule has 1 heterocycles. The van der Waals surface area contributed by atoms with E-state index in [1.54, 1.807) is 18.3 Å². The van der Waals surface area contributed by atoms with Crippen LogP contribution in [0.5, 0.6) is 0 Å². The van der Waals surface area contributed by atoms with Crippen molar-refractivity contribution in [1.82, 2.24) is 4.98 Å². The van der Waals surface area contributed by atoms with Gasteiger partial charge in [-0.3, -0.25) is 9.78 Å². The van der Waals surface area contributed by atoms with E-state index in [4.69, 9.17) is 4.74 Å². The second-order valence-corrected chi connectivity index (χ2v) is 6.49. The molecule has 1 aromatic heterocycles. The lowest BCUT2D eigenvalue weighted by Gasteiger charge is -2.31. The lowest BCUT2D eigenvalue weighted by atomic mass is 9.74. The summed E-state index contributed by atoms with van der Waals surface area (Å²) in [6, 6.07) is 6.78. The molecule has 1 aliphatic carbocycles. The van der Waals surface area contributed by atoms with Crippen molar-refractivity contribution in [3.05, 3.63) is 41.8 Å². The monoisotopic (exact) mass is 315 g/mol. The van der Waals surface area contributed by atoms with Gasteiger partial charge in [0.1, 0.15) is 5.82 Å². The number of halogens is 1. The number of hydrogen-bond acceptors (Lipinski definition) is 3. The maximum atomic E-state index is 13.6. The molecule has 1 atom stereocenters. The minimum atomic E-state index is -0.222. The van der Waals surface area contributed by atoms with E-state index >= 15 is 0 Å². The Morgan fingerprint density at radius 1 is 1.26 bits per heavy atom. The first-order valence-electron chi connectivity index (χ1n) is 8.22. The number of ether oxygens (including phenoxy) is 1. The fourth-order valence-corrected chi connectivity index (χ4v) is 3.80. The standard InChI is InChI=1S/C19H22FNO2/c1-12(19(22)23-2)13-3-5-14(6-4-13)16-9-10-21-18-8-7-15(20)11-17(16)18/h7-14H,3-6H2,1-2H3/t12-,13-,14+/m1/s1. The first-order valence-corrected chi connectivity index (χ1v) is 8.22. The van der Waals surface area contributed by atoms with E-state index < -0.39 is 0 Å². The third kappa shape index (κ3) is 3.21. The van der Waals surface area contributed by atoms with Crippen molar-refractivity contribution in [2.75, 3.05) is 7.11 Å². The highest BCUT2D eigenvalue weighted by molar-refractivity contribution is 5.82. The number of pyridine rings is 1. The molecule has 0 saturated heterocycles. The number of rotatable bonds is 3. The largest absolute Gasteiger partial charge is 0.469 e. The molecule has 3 nitrogen and oxygen atoms in total. The van der Waals surface area contributed by atoms with Gasteiger partial charge >= 0.3 is 5.97 Å². The number of benzene rings is 1. The minimum absolute atomic E-state index is 0.0485. The average Bonchev–Trinajstić information content (AvgIpc) is 2.60.